The molecule has 1 aliphatic carbocycles. The molecule has 0 spiro atoms. The van der Waals surface area contributed by atoms with Crippen molar-refractivity contribution >= 4 is 22.4 Å². The van der Waals surface area contributed by atoms with Crippen molar-refractivity contribution in [2.75, 3.05) is 52.2 Å². The van der Waals surface area contributed by atoms with E-state index in [4.69, 9.17) is 10.2 Å². The predicted molar refractivity (Wildman–Crippen MR) is 113 cm³/mol. The Kier molecular flexibility index (Phi) is 5.57. The number of likely N-dealkylation sites (N-methyl/N-ethyl adjacent to an activating group) is 1. The first-order valence-electron chi connectivity index (χ1n) is 9.84. The topological polar surface area (TPSA) is 95.3 Å². The van der Waals surface area contributed by atoms with E-state index in [1.54, 1.807) is 18.5 Å². The minimum absolute atomic E-state index is 0.00538. The zero-order valence-electron chi connectivity index (χ0n) is 16.8. The van der Waals surface area contributed by atoms with Gasteiger partial charge in [-0.05, 0) is 32.3 Å². The number of aliphatic hydroxyl groups excluding tert-OH is 1. The van der Waals surface area contributed by atoms with Gasteiger partial charge in [0.05, 0.1) is 29.9 Å². The molecule has 4 rings (SSSR count). The van der Waals surface area contributed by atoms with Gasteiger partial charge in [-0.25, -0.2) is 0 Å². The molecule has 0 radical (unpaired) electrons. The van der Waals surface area contributed by atoms with Crippen LogP contribution in [0.3, 0.4) is 0 Å². The van der Waals surface area contributed by atoms with Gasteiger partial charge >= 0.3 is 0 Å². The lowest BCUT2D eigenvalue weighted by molar-refractivity contribution is 0.104. The highest BCUT2D eigenvalue weighted by molar-refractivity contribution is 6.27. The second kappa shape index (κ2) is 8.28. The standard InChI is InChI=1S/C21H26N6O2/c1-26(2)10-8-24-16-3-4-17-18-19(16)21(29)14-5-6-23-13-15(14)20(18)27(25-17)11-7-22-9-12-28/h3-6,13,22,24,28H,7-12H2,1-2H3. The Morgan fingerprint density at radius 3 is 2.79 bits per heavy atom. The van der Waals surface area contributed by atoms with Gasteiger partial charge in [0.15, 0.2) is 5.78 Å². The Bertz CT molecular complexity index is 1040. The Hall–Kier alpha value is -2.81. The third kappa shape index (κ3) is 3.62. The molecule has 2 heterocycles. The van der Waals surface area contributed by atoms with Crippen LogP contribution in [0.5, 0.6) is 0 Å². The molecule has 0 bridgehead atoms. The van der Waals surface area contributed by atoms with Crippen LogP contribution in [0.1, 0.15) is 15.9 Å². The summed E-state index contributed by atoms with van der Waals surface area (Å²) in [4.78, 5) is 19.7. The number of rotatable bonds is 9. The smallest absolute Gasteiger partial charge is 0.196 e. The number of nitrogens with zero attached hydrogens (tertiary/aromatic N) is 4. The molecule has 0 aliphatic heterocycles. The maximum Gasteiger partial charge on any atom is 0.196 e. The van der Waals surface area contributed by atoms with E-state index in [1.807, 2.05) is 30.9 Å². The minimum Gasteiger partial charge on any atom is -0.395 e. The first-order valence-corrected chi connectivity index (χ1v) is 9.84. The van der Waals surface area contributed by atoms with E-state index in [-0.39, 0.29) is 12.4 Å². The molecule has 0 atom stereocenters. The Morgan fingerprint density at radius 1 is 1.14 bits per heavy atom. The monoisotopic (exact) mass is 394 g/mol. The molecular weight excluding hydrogens is 368 g/mol. The average molecular weight is 394 g/mol. The first kappa shape index (κ1) is 19.5. The molecular formula is C21H26N6O2. The van der Waals surface area contributed by atoms with E-state index in [0.29, 0.717) is 30.8 Å². The molecule has 3 aromatic rings. The van der Waals surface area contributed by atoms with Crippen LogP contribution in [0.2, 0.25) is 0 Å². The highest BCUT2D eigenvalue weighted by Gasteiger charge is 2.31. The highest BCUT2D eigenvalue weighted by Crippen LogP contribution is 2.41. The van der Waals surface area contributed by atoms with Gasteiger partial charge in [0.2, 0.25) is 0 Å². The summed E-state index contributed by atoms with van der Waals surface area (Å²) in [7, 11) is 4.05. The quantitative estimate of drug-likeness (QED) is 0.367. The van der Waals surface area contributed by atoms with Gasteiger partial charge in [0.1, 0.15) is 0 Å². The van der Waals surface area contributed by atoms with Crippen molar-refractivity contribution in [2.24, 2.45) is 0 Å². The predicted octanol–water partition coefficient (Wildman–Crippen LogP) is 1.20. The summed E-state index contributed by atoms with van der Waals surface area (Å²) in [5.74, 6) is 0.00538. The van der Waals surface area contributed by atoms with Crippen molar-refractivity contribution in [3.05, 3.63) is 41.7 Å². The van der Waals surface area contributed by atoms with Crippen LogP contribution in [0.15, 0.2) is 30.6 Å². The van der Waals surface area contributed by atoms with Crippen LogP contribution in [0.4, 0.5) is 5.69 Å². The molecule has 1 aliphatic rings. The van der Waals surface area contributed by atoms with Crippen molar-refractivity contribution in [1.82, 2.24) is 25.0 Å². The normalized spacial score (nSPS) is 12.6. The van der Waals surface area contributed by atoms with E-state index in [2.05, 4.69) is 20.5 Å². The van der Waals surface area contributed by atoms with Crippen molar-refractivity contribution in [3.8, 4) is 11.3 Å². The lowest BCUT2D eigenvalue weighted by Crippen LogP contribution is -2.24. The Morgan fingerprint density at radius 2 is 2.00 bits per heavy atom. The summed E-state index contributed by atoms with van der Waals surface area (Å²) in [6, 6.07) is 5.69. The molecule has 0 saturated heterocycles. The molecule has 8 heteroatoms. The molecule has 29 heavy (non-hydrogen) atoms. The van der Waals surface area contributed by atoms with Crippen LogP contribution < -0.4 is 10.6 Å². The van der Waals surface area contributed by atoms with Crippen LogP contribution >= 0.6 is 0 Å². The zero-order valence-corrected chi connectivity index (χ0v) is 16.8. The van der Waals surface area contributed by atoms with E-state index in [0.717, 1.165) is 40.9 Å². The van der Waals surface area contributed by atoms with Crippen molar-refractivity contribution < 1.29 is 9.90 Å². The fourth-order valence-corrected chi connectivity index (χ4v) is 3.76. The van der Waals surface area contributed by atoms with Gasteiger partial charge in [-0.1, -0.05) is 0 Å². The SMILES string of the molecule is CN(C)CCNc1ccc2nn(CCNCCO)c3c2c1C(=O)c1ccncc1-3. The van der Waals surface area contributed by atoms with Crippen LogP contribution in [0, 0.1) is 0 Å². The molecule has 152 valence electrons. The fourth-order valence-electron chi connectivity index (χ4n) is 3.76. The number of fused-ring (bicyclic) bond motifs is 2. The van der Waals surface area contributed by atoms with Gasteiger partial charge in [-0.2, -0.15) is 5.10 Å². The number of aliphatic hydroxyl groups is 1. The zero-order chi connectivity index (χ0) is 20.4. The van der Waals surface area contributed by atoms with E-state index >= 15 is 0 Å². The Balaban J connectivity index is 1.81. The molecule has 1 aromatic carbocycles. The Labute approximate surface area is 169 Å². The summed E-state index contributed by atoms with van der Waals surface area (Å²) in [6.45, 7) is 3.56. The number of anilines is 1. The first-order chi connectivity index (χ1) is 14.1. The van der Waals surface area contributed by atoms with Gasteiger partial charge in [0, 0.05) is 60.8 Å². The lowest BCUT2D eigenvalue weighted by Gasteiger charge is -2.20. The number of aromatic nitrogens is 3. The number of ketones is 1. The number of hydrogen-bond donors (Lipinski definition) is 3. The number of nitrogens with one attached hydrogen (secondary N) is 2. The van der Waals surface area contributed by atoms with Crippen LogP contribution in [-0.2, 0) is 6.54 Å². The third-order valence-electron chi connectivity index (χ3n) is 5.12. The minimum atomic E-state index is 0.00538. The van der Waals surface area contributed by atoms with Gasteiger partial charge < -0.3 is 20.6 Å². The van der Waals surface area contributed by atoms with Crippen LogP contribution in [0.25, 0.3) is 22.2 Å². The van der Waals surface area contributed by atoms with Crippen molar-refractivity contribution in [3.63, 3.8) is 0 Å². The molecule has 0 saturated carbocycles. The number of pyridine rings is 1. The number of carbonyl (C=O) groups excluding carboxylic acids is 1. The highest BCUT2D eigenvalue weighted by atomic mass is 16.3. The van der Waals surface area contributed by atoms with Crippen molar-refractivity contribution in [1.29, 1.82) is 0 Å². The molecule has 8 nitrogen and oxygen atoms in total. The molecule has 3 N–H and O–H groups in total. The molecule has 2 aromatic heterocycles. The summed E-state index contributed by atoms with van der Waals surface area (Å²) >= 11 is 0. The molecule has 0 unspecified atom stereocenters. The second-order valence-electron chi connectivity index (χ2n) is 7.41. The van der Waals surface area contributed by atoms with Crippen molar-refractivity contribution in [2.45, 2.75) is 6.54 Å². The lowest BCUT2D eigenvalue weighted by atomic mass is 9.87. The summed E-state index contributed by atoms with van der Waals surface area (Å²) < 4.78 is 1.94. The van der Waals surface area contributed by atoms with Crippen LogP contribution in [-0.4, -0.2) is 77.4 Å². The maximum absolute atomic E-state index is 13.4. The van der Waals surface area contributed by atoms with Gasteiger partial charge in [-0.3, -0.25) is 14.5 Å². The van der Waals surface area contributed by atoms with E-state index < -0.39 is 0 Å². The third-order valence-corrected chi connectivity index (χ3v) is 5.12. The average Bonchev–Trinajstić information content (AvgIpc) is 3.08. The largest absolute Gasteiger partial charge is 0.395 e. The summed E-state index contributed by atoms with van der Waals surface area (Å²) in [5, 5.41) is 21.2. The van der Waals surface area contributed by atoms with E-state index in [9.17, 15) is 4.79 Å². The second-order valence-corrected chi connectivity index (χ2v) is 7.41. The van der Waals surface area contributed by atoms with Gasteiger partial charge in [0.25, 0.3) is 0 Å². The maximum atomic E-state index is 13.4. The summed E-state index contributed by atoms with van der Waals surface area (Å²) in [6.07, 6.45) is 3.40. The number of benzene rings is 1. The fraction of sp³-hybridized carbons (Fsp3) is 0.381. The van der Waals surface area contributed by atoms with Gasteiger partial charge in [-0.15, -0.1) is 0 Å². The van der Waals surface area contributed by atoms with E-state index in [1.165, 1.54) is 0 Å². The number of hydrogen-bond acceptors (Lipinski definition) is 7. The summed E-state index contributed by atoms with van der Waals surface area (Å²) in [5.41, 5.74) is 4.73. The molecule has 0 amide bonds. The number of carbonyl (C=O) groups is 1. The molecule has 0 fully saturated rings.